The van der Waals surface area contributed by atoms with Crippen molar-refractivity contribution in [2.45, 2.75) is 44.4 Å². The average molecular weight is 545 g/mol. The molecule has 1 N–H and O–H groups in total. The van der Waals surface area contributed by atoms with E-state index in [-0.39, 0.29) is 18.4 Å². The second-order valence-corrected chi connectivity index (χ2v) is 10.4. The zero-order valence-corrected chi connectivity index (χ0v) is 22.5. The molecule has 3 rings (SSSR count). The van der Waals surface area contributed by atoms with Gasteiger partial charge in [-0.1, -0.05) is 78.6 Å². The fraction of sp³-hybridized carbons (Fsp3) is 0.407. The highest BCUT2D eigenvalue weighted by Crippen LogP contribution is 2.41. The van der Waals surface area contributed by atoms with Gasteiger partial charge in [0.1, 0.15) is 6.54 Å². The highest BCUT2D eigenvalue weighted by molar-refractivity contribution is 9.10. The van der Waals surface area contributed by atoms with Gasteiger partial charge >= 0.3 is 0 Å². The second-order valence-electron chi connectivity index (χ2n) is 8.42. The Hall–Kier alpha value is -2.09. The molecular formula is C27H34BrN3O2S. The number of thioether (sulfide) groups is 1. The Labute approximate surface area is 216 Å². The lowest BCUT2D eigenvalue weighted by atomic mass is 10.2. The third-order valence-corrected chi connectivity index (χ3v) is 7.26. The maximum atomic E-state index is 13.4. The van der Waals surface area contributed by atoms with Gasteiger partial charge in [-0.2, -0.15) is 0 Å². The number of anilines is 1. The van der Waals surface area contributed by atoms with Gasteiger partial charge < -0.3 is 10.2 Å². The van der Waals surface area contributed by atoms with E-state index in [2.05, 4.69) is 40.0 Å². The Morgan fingerprint density at radius 3 is 2.50 bits per heavy atom. The molecule has 0 aliphatic carbocycles. The third kappa shape index (κ3) is 7.72. The predicted molar refractivity (Wildman–Crippen MR) is 146 cm³/mol. The molecule has 0 bridgehead atoms. The molecule has 0 spiro atoms. The van der Waals surface area contributed by atoms with Gasteiger partial charge in [-0.05, 0) is 61.8 Å². The zero-order valence-electron chi connectivity index (χ0n) is 20.1. The van der Waals surface area contributed by atoms with E-state index >= 15 is 0 Å². The number of carbonyl (C=O) groups is 2. The van der Waals surface area contributed by atoms with Crippen molar-refractivity contribution >= 4 is 51.3 Å². The molecule has 0 radical (unpaired) electrons. The molecule has 182 valence electrons. The summed E-state index contributed by atoms with van der Waals surface area (Å²) in [5.41, 5.74) is 1.72. The number of hydrogen-bond donors (Lipinski definition) is 1. The van der Waals surface area contributed by atoms with Crippen molar-refractivity contribution in [3.63, 3.8) is 0 Å². The van der Waals surface area contributed by atoms with Crippen LogP contribution in [-0.4, -0.2) is 49.4 Å². The fourth-order valence-electron chi connectivity index (χ4n) is 3.82. The number of halogens is 1. The van der Waals surface area contributed by atoms with E-state index in [1.165, 1.54) is 37.4 Å². The largest absolute Gasteiger partial charge is 0.353 e. The molecule has 2 aromatic rings. The summed E-state index contributed by atoms with van der Waals surface area (Å²) in [6.07, 6.45) is 6.56. The van der Waals surface area contributed by atoms with Crippen molar-refractivity contribution in [1.29, 1.82) is 0 Å². The van der Waals surface area contributed by atoms with Gasteiger partial charge in [0.15, 0.2) is 0 Å². The molecule has 0 fully saturated rings. The van der Waals surface area contributed by atoms with Gasteiger partial charge in [0.05, 0.1) is 10.6 Å². The first kappa shape index (κ1) is 26.5. The van der Waals surface area contributed by atoms with Crippen LogP contribution in [0.15, 0.2) is 62.8 Å². The fourth-order valence-corrected chi connectivity index (χ4v) is 5.29. The molecule has 2 amide bonds. The number of carbonyl (C=O) groups excluding carboxylic acids is 2. The highest BCUT2D eigenvalue weighted by Gasteiger charge is 2.30. The number of hydrogen-bond acceptors (Lipinski definition) is 4. The molecule has 0 saturated heterocycles. The van der Waals surface area contributed by atoms with Gasteiger partial charge in [0.25, 0.3) is 5.91 Å². The number of amides is 2. The minimum absolute atomic E-state index is 0.0101. The molecule has 1 heterocycles. The molecule has 2 aromatic carbocycles. The molecule has 0 saturated carbocycles. The smallest absolute Gasteiger partial charge is 0.265 e. The first-order valence-corrected chi connectivity index (χ1v) is 13.7. The Kier molecular flexibility index (Phi) is 10.7. The van der Waals surface area contributed by atoms with E-state index in [1.807, 2.05) is 54.6 Å². The van der Waals surface area contributed by atoms with Crippen LogP contribution in [0.25, 0.3) is 6.08 Å². The van der Waals surface area contributed by atoms with Crippen LogP contribution in [0, 0.1) is 0 Å². The van der Waals surface area contributed by atoms with Crippen molar-refractivity contribution in [2.75, 3.05) is 37.6 Å². The summed E-state index contributed by atoms with van der Waals surface area (Å²) < 4.78 is 0.957. The molecule has 7 heteroatoms. The summed E-state index contributed by atoms with van der Waals surface area (Å²) in [7, 11) is 0. The van der Waals surface area contributed by atoms with Crippen molar-refractivity contribution in [3.8, 4) is 0 Å². The SMILES string of the molecule is CCCCN(CCCC)CCNC(=O)CN1C(=O)/C(=C\c2cccc(Br)c2)Sc2ccccc21. The van der Waals surface area contributed by atoms with E-state index in [4.69, 9.17) is 0 Å². The summed E-state index contributed by atoms with van der Waals surface area (Å²) in [6.45, 7) is 7.95. The van der Waals surface area contributed by atoms with Crippen LogP contribution in [0.4, 0.5) is 5.69 Å². The summed E-state index contributed by atoms with van der Waals surface area (Å²) in [5.74, 6) is -0.283. The van der Waals surface area contributed by atoms with E-state index in [9.17, 15) is 9.59 Å². The van der Waals surface area contributed by atoms with Crippen molar-refractivity contribution in [3.05, 3.63) is 63.5 Å². The number of nitrogens with zero attached hydrogens (tertiary/aromatic N) is 2. The summed E-state index contributed by atoms with van der Waals surface area (Å²) in [5, 5.41) is 3.03. The Morgan fingerprint density at radius 1 is 1.06 bits per heavy atom. The Balaban J connectivity index is 1.67. The number of rotatable bonds is 12. The normalized spacial score (nSPS) is 14.5. The predicted octanol–water partition coefficient (Wildman–Crippen LogP) is 5.95. The van der Waals surface area contributed by atoms with Crippen LogP contribution in [0.3, 0.4) is 0 Å². The van der Waals surface area contributed by atoms with Gasteiger partial charge in [-0.25, -0.2) is 0 Å². The molecule has 34 heavy (non-hydrogen) atoms. The number of para-hydroxylation sites is 1. The molecule has 1 aliphatic heterocycles. The Bertz CT molecular complexity index is 1000. The monoisotopic (exact) mass is 543 g/mol. The van der Waals surface area contributed by atoms with Gasteiger partial charge in [0, 0.05) is 22.5 Å². The lowest BCUT2D eigenvalue weighted by Crippen LogP contribution is -2.44. The van der Waals surface area contributed by atoms with Crippen LogP contribution < -0.4 is 10.2 Å². The quantitative estimate of drug-likeness (QED) is 0.336. The minimum Gasteiger partial charge on any atom is -0.353 e. The molecule has 0 aromatic heterocycles. The molecule has 5 nitrogen and oxygen atoms in total. The zero-order chi connectivity index (χ0) is 24.3. The summed E-state index contributed by atoms with van der Waals surface area (Å²) in [4.78, 5) is 31.8. The minimum atomic E-state index is -0.147. The van der Waals surface area contributed by atoms with E-state index in [0.29, 0.717) is 11.4 Å². The van der Waals surface area contributed by atoms with Crippen LogP contribution in [-0.2, 0) is 9.59 Å². The first-order valence-electron chi connectivity index (χ1n) is 12.1. The van der Waals surface area contributed by atoms with Crippen LogP contribution in [0.2, 0.25) is 0 Å². The number of fused-ring (bicyclic) bond motifs is 1. The molecule has 1 aliphatic rings. The lowest BCUT2D eigenvalue weighted by molar-refractivity contribution is -0.122. The number of unbranched alkanes of at least 4 members (excludes halogenated alkanes) is 2. The van der Waals surface area contributed by atoms with Crippen molar-refractivity contribution in [1.82, 2.24) is 10.2 Å². The van der Waals surface area contributed by atoms with E-state index in [0.717, 1.165) is 40.3 Å². The van der Waals surface area contributed by atoms with E-state index < -0.39 is 0 Å². The van der Waals surface area contributed by atoms with Crippen LogP contribution in [0.5, 0.6) is 0 Å². The third-order valence-electron chi connectivity index (χ3n) is 5.69. The first-order chi connectivity index (χ1) is 16.5. The highest BCUT2D eigenvalue weighted by atomic mass is 79.9. The standard InChI is InChI=1S/C27H34BrN3O2S/c1-3-5-15-30(16-6-4-2)17-14-29-26(32)20-31-23-12-7-8-13-24(23)34-25(27(31)33)19-21-10-9-11-22(28)18-21/h7-13,18-19H,3-6,14-17,20H2,1-2H3,(H,29,32)/b25-19+. The topological polar surface area (TPSA) is 52.7 Å². The summed E-state index contributed by atoms with van der Waals surface area (Å²) in [6, 6.07) is 15.6. The van der Waals surface area contributed by atoms with E-state index in [1.54, 1.807) is 4.90 Å². The van der Waals surface area contributed by atoms with Gasteiger partial charge in [-0.3, -0.25) is 14.5 Å². The maximum absolute atomic E-state index is 13.4. The second kappa shape index (κ2) is 13.7. The molecule has 0 unspecified atom stereocenters. The summed E-state index contributed by atoms with van der Waals surface area (Å²) >= 11 is 4.94. The van der Waals surface area contributed by atoms with Crippen LogP contribution in [0.1, 0.15) is 45.1 Å². The van der Waals surface area contributed by atoms with Gasteiger partial charge in [0.2, 0.25) is 5.91 Å². The molecular weight excluding hydrogens is 510 g/mol. The molecule has 0 atom stereocenters. The van der Waals surface area contributed by atoms with Crippen molar-refractivity contribution < 1.29 is 9.59 Å². The maximum Gasteiger partial charge on any atom is 0.265 e. The van der Waals surface area contributed by atoms with Crippen LogP contribution >= 0.6 is 27.7 Å². The number of benzene rings is 2. The van der Waals surface area contributed by atoms with Crippen molar-refractivity contribution in [2.24, 2.45) is 0 Å². The van der Waals surface area contributed by atoms with Gasteiger partial charge in [-0.15, -0.1) is 0 Å². The number of nitrogens with one attached hydrogen (secondary N) is 1. The Morgan fingerprint density at radius 2 is 1.79 bits per heavy atom. The lowest BCUT2D eigenvalue weighted by Gasteiger charge is -2.30. The average Bonchev–Trinajstić information content (AvgIpc) is 2.83.